The fourth-order valence-electron chi connectivity index (χ4n) is 3.62. The summed E-state index contributed by atoms with van der Waals surface area (Å²) in [6.45, 7) is 1.22. The van der Waals surface area contributed by atoms with Crippen LogP contribution in [0.4, 0.5) is 20.2 Å². The first-order valence-electron chi connectivity index (χ1n) is 10.2. The van der Waals surface area contributed by atoms with E-state index in [1.165, 1.54) is 49.7 Å². The van der Waals surface area contributed by atoms with Crippen LogP contribution >= 0.6 is 0 Å². The minimum Gasteiger partial charge on any atom is -0.497 e. The molecule has 1 saturated heterocycles. The van der Waals surface area contributed by atoms with Gasteiger partial charge in [0, 0.05) is 42.8 Å². The average molecular weight is 440 g/mol. The van der Waals surface area contributed by atoms with Gasteiger partial charge in [-0.05, 0) is 43.2 Å². The number of nitrogens with zero attached hydrogens (tertiary/aromatic N) is 2. The molecule has 1 fully saturated rings. The first-order chi connectivity index (χ1) is 15.3. The van der Waals surface area contributed by atoms with Crippen LogP contribution in [0.2, 0.25) is 0 Å². The molecule has 2 aromatic rings. The number of hydrogen-bond acceptors (Lipinski definition) is 6. The molecule has 168 valence electrons. The molecule has 7 nitrogen and oxygen atoms in total. The number of amidine groups is 1. The Morgan fingerprint density at radius 3 is 2.53 bits per heavy atom. The van der Waals surface area contributed by atoms with Gasteiger partial charge in [-0.15, -0.1) is 0 Å². The van der Waals surface area contributed by atoms with Crippen LogP contribution in [0.3, 0.4) is 0 Å². The van der Waals surface area contributed by atoms with Gasteiger partial charge in [0.1, 0.15) is 23.2 Å². The number of halogens is 2. The molecule has 32 heavy (non-hydrogen) atoms. The number of piperidine rings is 1. The lowest BCUT2D eigenvalue weighted by Crippen LogP contribution is -2.52. The molecule has 5 N–H and O–H groups in total. The SMILES string of the molecule is COc1cc(F)cc(N2CCC(CC#N)(N/C=C(/N)C(=N)Nc3ccc(F)cc3)CC2)c1. The average Bonchev–Trinajstić information content (AvgIpc) is 2.79. The van der Waals surface area contributed by atoms with Gasteiger partial charge < -0.3 is 26.0 Å². The van der Waals surface area contributed by atoms with Gasteiger partial charge in [-0.1, -0.05) is 0 Å². The van der Waals surface area contributed by atoms with Crippen molar-refractivity contribution in [2.75, 3.05) is 30.4 Å². The van der Waals surface area contributed by atoms with Gasteiger partial charge >= 0.3 is 0 Å². The monoisotopic (exact) mass is 440 g/mol. The second-order valence-electron chi connectivity index (χ2n) is 7.70. The van der Waals surface area contributed by atoms with Crippen molar-refractivity contribution in [3.63, 3.8) is 0 Å². The Morgan fingerprint density at radius 2 is 1.91 bits per heavy atom. The molecule has 9 heteroatoms. The molecule has 3 rings (SSSR count). The molecule has 0 saturated carbocycles. The van der Waals surface area contributed by atoms with Crippen molar-refractivity contribution in [3.05, 3.63) is 66.0 Å². The Kier molecular flexibility index (Phi) is 7.15. The van der Waals surface area contributed by atoms with Crippen LogP contribution in [-0.2, 0) is 0 Å². The number of hydrogen-bond donors (Lipinski definition) is 4. The third-order valence-corrected chi connectivity index (χ3v) is 5.53. The number of methoxy groups -OCH3 is 1. The number of benzene rings is 2. The van der Waals surface area contributed by atoms with Gasteiger partial charge in [0.05, 0.1) is 30.8 Å². The zero-order chi connectivity index (χ0) is 23.1. The first-order valence-corrected chi connectivity index (χ1v) is 10.2. The molecule has 0 unspecified atom stereocenters. The fourth-order valence-corrected chi connectivity index (χ4v) is 3.62. The summed E-state index contributed by atoms with van der Waals surface area (Å²) in [5.41, 5.74) is 6.94. The molecule has 0 aromatic heterocycles. The lowest BCUT2D eigenvalue weighted by Gasteiger charge is -2.42. The van der Waals surface area contributed by atoms with Gasteiger partial charge in [0.25, 0.3) is 0 Å². The molecule has 2 aromatic carbocycles. The Hall–Kier alpha value is -3.80. The van der Waals surface area contributed by atoms with E-state index >= 15 is 0 Å². The molecular weight excluding hydrogens is 414 g/mol. The highest BCUT2D eigenvalue weighted by Gasteiger charge is 2.34. The molecule has 0 amide bonds. The minimum atomic E-state index is -0.510. The minimum absolute atomic E-state index is 0.0412. The van der Waals surface area contributed by atoms with Crippen LogP contribution < -0.4 is 26.0 Å². The molecule has 0 spiro atoms. The summed E-state index contributed by atoms with van der Waals surface area (Å²) >= 11 is 0. The maximum absolute atomic E-state index is 13.9. The summed E-state index contributed by atoms with van der Waals surface area (Å²) in [6.07, 6.45) is 3.04. The van der Waals surface area contributed by atoms with Crippen LogP contribution in [0, 0.1) is 28.4 Å². The molecular formula is C23H26F2N6O. The number of rotatable bonds is 7. The van der Waals surface area contributed by atoms with Crippen LogP contribution in [0.5, 0.6) is 5.75 Å². The quantitative estimate of drug-likeness (QED) is 0.386. The predicted molar refractivity (Wildman–Crippen MR) is 121 cm³/mol. The zero-order valence-corrected chi connectivity index (χ0v) is 17.8. The number of ether oxygens (including phenoxy) is 1. The molecule has 0 aliphatic carbocycles. The van der Waals surface area contributed by atoms with Gasteiger partial charge in [0.2, 0.25) is 0 Å². The maximum Gasteiger partial charge on any atom is 0.147 e. The van der Waals surface area contributed by atoms with E-state index in [0.717, 1.165) is 5.69 Å². The Labute approximate surface area is 186 Å². The van der Waals surface area contributed by atoms with E-state index in [1.54, 1.807) is 6.07 Å². The Balaban J connectivity index is 1.65. The first kappa shape index (κ1) is 22.9. The highest BCUT2D eigenvalue weighted by Crippen LogP contribution is 2.31. The topological polar surface area (TPSA) is 110 Å². The summed E-state index contributed by atoms with van der Waals surface area (Å²) in [4.78, 5) is 2.05. The van der Waals surface area contributed by atoms with Crippen LogP contribution in [0.1, 0.15) is 19.3 Å². The van der Waals surface area contributed by atoms with E-state index in [4.69, 9.17) is 15.9 Å². The fraction of sp³-hybridized carbons (Fsp3) is 0.304. The highest BCUT2D eigenvalue weighted by atomic mass is 19.1. The van der Waals surface area contributed by atoms with E-state index in [-0.39, 0.29) is 29.6 Å². The van der Waals surface area contributed by atoms with Crippen LogP contribution in [0.15, 0.2) is 54.4 Å². The Morgan fingerprint density at radius 1 is 1.22 bits per heavy atom. The zero-order valence-electron chi connectivity index (χ0n) is 17.8. The third-order valence-electron chi connectivity index (χ3n) is 5.53. The van der Waals surface area contributed by atoms with Gasteiger partial charge in [-0.2, -0.15) is 5.26 Å². The number of anilines is 2. The smallest absolute Gasteiger partial charge is 0.147 e. The van der Waals surface area contributed by atoms with Crippen molar-refractivity contribution in [2.24, 2.45) is 5.73 Å². The van der Waals surface area contributed by atoms with E-state index in [9.17, 15) is 14.0 Å². The lowest BCUT2D eigenvalue weighted by atomic mass is 9.84. The van der Waals surface area contributed by atoms with E-state index < -0.39 is 5.54 Å². The molecule has 0 bridgehead atoms. The molecule has 0 atom stereocenters. The van der Waals surface area contributed by atoms with Gasteiger partial charge in [-0.25, -0.2) is 8.78 Å². The van der Waals surface area contributed by atoms with Crippen molar-refractivity contribution in [2.45, 2.75) is 24.8 Å². The normalized spacial score (nSPS) is 15.6. The molecule has 1 heterocycles. The van der Waals surface area contributed by atoms with Crippen LogP contribution in [0.25, 0.3) is 0 Å². The predicted octanol–water partition coefficient (Wildman–Crippen LogP) is 3.71. The summed E-state index contributed by atoms with van der Waals surface area (Å²) in [5, 5.41) is 23.5. The second kappa shape index (κ2) is 10.0. The highest BCUT2D eigenvalue weighted by molar-refractivity contribution is 6.05. The number of nitriles is 1. The summed E-state index contributed by atoms with van der Waals surface area (Å²) in [6, 6.07) is 12.4. The number of nitrogens with one attached hydrogen (secondary N) is 3. The molecule has 1 aliphatic heterocycles. The summed E-state index contributed by atoms with van der Waals surface area (Å²) < 4.78 is 32.1. The van der Waals surface area contributed by atoms with Gasteiger partial charge in [0.15, 0.2) is 0 Å². The number of nitrogens with two attached hydrogens (primary N) is 1. The summed E-state index contributed by atoms with van der Waals surface area (Å²) in [7, 11) is 1.50. The van der Waals surface area contributed by atoms with Crippen molar-refractivity contribution < 1.29 is 13.5 Å². The van der Waals surface area contributed by atoms with E-state index in [0.29, 0.717) is 37.4 Å². The third kappa shape index (κ3) is 5.66. The van der Waals surface area contributed by atoms with Crippen molar-refractivity contribution >= 4 is 17.2 Å². The summed E-state index contributed by atoms with van der Waals surface area (Å²) in [5.74, 6) is -0.321. The van der Waals surface area contributed by atoms with Gasteiger partial charge in [-0.3, -0.25) is 5.41 Å². The Bertz CT molecular complexity index is 1020. The largest absolute Gasteiger partial charge is 0.497 e. The molecule has 1 aliphatic rings. The maximum atomic E-state index is 13.9. The van der Waals surface area contributed by atoms with Crippen molar-refractivity contribution in [1.82, 2.24) is 5.32 Å². The van der Waals surface area contributed by atoms with Crippen molar-refractivity contribution in [3.8, 4) is 11.8 Å². The molecule has 0 radical (unpaired) electrons. The standard InChI is InChI=1S/C23H26F2N6O/c1-32-20-13-17(25)12-19(14-20)31-10-7-23(6-9-26,8-11-31)29-15-21(27)22(28)30-18-4-2-16(24)3-5-18/h2-5,12-15,29H,6-8,10-11,27H2,1H3,(H2,28,30)/b21-15+. The van der Waals surface area contributed by atoms with Crippen LogP contribution in [-0.4, -0.2) is 31.6 Å². The van der Waals surface area contributed by atoms with E-state index in [2.05, 4.69) is 16.7 Å². The van der Waals surface area contributed by atoms with Crippen molar-refractivity contribution in [1.29, 1.82) is 10.7 Å². The lowest BCUT2D eigenvalue weighted by molar-refractivity contribution is 0.293. The van der Waals surface area contributed by atoms with E-state index in [1.807, 2.05) is 4.90 Å². The second-order valence-corrected chi connectivity index (χ2v) is 7.70.